The molecule has 0 unspecified atom stereocenters. The molecule has 2 aromatic carbocycles. The van der Waals surface area contributed by atoms with Crippen LogP contribution < -0.4 is 0 Å². The number of esters is 1. The molecule has 3 aromatic rings. The first-order valence-electron chi connectivity index (χ1n) is 13.2. The zero-order chi connectivity index (χ0) is 25.2. The van der Waals surface area contributed by atoms with E-state index in [1.165, 1.54) is 57.8 Å². The molecule has 3 rings (SSSR count). The molecule has 0 aliphatic rings. The first kappa shape index (κ1) is 26.7. The fourth-order valence-corrected chi connectivity index (χ4v) is 4.88. The van der Waals surface area contributed by atoms with Gasteiger partial charge in [-0.2, -0.15) is 0 Å². The topological polar surface area (TPSA) is 31.2 Å². The average molecular weight is 478 g/mol. The van der Waals surface area contributed by atoms with Gasteiger partial charge in [0.25, 0.3) is 0 Å². The number of benzene rings is 2. The highest BCUT2D eigenvalue weighted by Gasteiger charge is 2.21. The van der Waals surface area contributed by atoms with E-state index in [4.69, 9.17) is 4.74 Å². The summed E-state index contributed by atoms with van der Waals surface area (Å²) in [7, 11) is 1.45. The van der Waals surface area contributed by atoms with Gasteiger partial charge in [0.05, 0.1) is 12.8 Å². The van der Waals surface area contributed by atoms with E-state index in [0.717, 1.165) is 40.6 Å². The van der Waals surface area contributed by atoms with E-state index in [9.17, 15) is 9.18 Å². The smallest absolute Gasteiger partial charge is 0.333 e. The summed E-state index contributed by atoms with van der Waals surface area (Å²) in [5, 5.41) is 1.09. The lowest BCUT2D eigenvalue weighted by atomic mass is 9.99. The quantitative estimate of drug-likeness (QED) is 0.140. The number of unbranched alkanes of at least 4 members (excludes halogenated alkanes) is 7. The van der Waals surface area contributed by atoms with Crippen LogP contribution in [0.1, 0.15) is 90.3 Å². The third-order valence-corrected chi connectivity index (χ3v) is 6.66. The highest BCUT2D eigenvalue weighted by atomic mass is 19.1. The lowest BCUT2D eigenvalue weighted by molar-refractivity contribution is -0.136. The molecule has 0 radical (unpaired) electrons. The lowest BCUT2D eigenvalue weighted by Crippen LogP contribution is -2.08. The van der Waals surface area contributed by atoms with Gasteiger partial charge in [-0.25, -0.2) is 9.18 Å². The fraction of sp³-hybridized carbons (Fsp3) is 0.452. The maximum atomic E-state index is 13.7. The van der Waals surface area contributed by atoms with Gasteiger partial charge in [0.15, 0.2) is 0 Å². The summed E-state index contributed by atoms with van der Waals surface area (Å²) in [6, 6.07) is 15.1. The molecule has 3 nitrogen and oxygen atoms in total. The number of para-hydroxylation sites is 1. The van der Waals surface area contributed by atoms with Crippen molar-refractivity contribution in [2.45, 2.75) is 84.6 Å². The Morgan fingerprint density at radius 2 is 1.57 bits per heavy atom. The Hall–Kier alpha value is -2.88. The Morgan fingerprint density at radius 3 is 2.20 bits per heavy atom. The molecule has 188 valence electrons. The summed E-state index contributed by atoms with van der Waals surface area (Å²) < 4.78 is 21.2. The van der Waals surface area contributed by atoms with Crippen LogP contribution in [-0.2, 0) is 9.53 Å². The van der Waals surface area contributed by atoms with Crippen molar-refractivity contribution in [1.29, 1.82) is 0 Å². The van der Waals surface area contributed by atoms with Crippen molar-refractivity contribution in [1.82, 2.24) is 4.57 Å². The summed E-state index contributed by atoms with van der Waals surface area (Å²) in [5.74, 6) is -0.540. The van der Waals surface area contributed by atoms with Gasteiger partial charge in [-0.1, -0.05) is 82.2 Å². The van der Waals surface area contributed by atoms with Gasteiger partial charge < -0.3 is 9.30 Å². The molecule has 0 spiro atoms. The molecule has 0 atom stereocenters. The minimum Gasteiger partial charge on any atom is -0.466 e. The van der Waals surface area contributed by atoms with Crippen LogP contribution in [0.25, 0.3) is 28.1 Å². The average Bonchev–Trinajstić information content (AvgIpc) is 3.18. The first-order chi connectivity index (χ1) is 17.0. The molecule has 0 saturated heterocycles. The van der Waals surface area contributed by atoms with Crippen LogP contribution in [0.3, 0.4) is 0 Å². The zero-order valence-corrected chi connectivity index (χ0v) is 21.8. The van der Waals surface area contributed by atoms with Crippen molar-refractivity contribution in [3.63, 3.8) is 0 Å². The molecule has 1 aromatic heterocycles. The second-order valence-electron chi connectivity index (χ2n) is 9.63. The summed E-state index contributed by atoms with van der Waals surface area (Å²) in [6.45, 7) is 6.53. The molecule has 4 heteroatoms. The third-order valence-electron chi connectivity index (χ3n) is 6.66. The minimum atomic E-state index is -0.279. The number of hydrogen-bond acceptors (Lipinski definition) is 2. The molecule has 1 heterocycles. The molecule has 0 aliphatic heterocycles. The van der Waals surface area contributed by atoms with Gasteiger partial charge >= 0.3 is 5.97 Å². The van der Waals surface area contributed by atoms with Gasteiger partial charge in [0, 0.05) is 28.1 Å². The number of halogens is 1. The lowest BCUT2D eigenvalue weighted by Gasteiger charge is -2.15. The fourth-order valence-electron chi connectivity index (χ4n) is 4.88. The van der Waals surface area contributed by atoms with E-state index in [2.05, 4.69) is 37.5 Å². The maximum Gasteiger partial charge on any atom is 0.333 e. The Morgan fingerprint density at radius 1 is 0.943 bits per heavy atom. The monoisotopic (exact) mass is 477 g/mol. The van der Waals surface area contributed by atoms with Crippen molar-refractivity contribution in [2.75, 3.05) is 7.11 Å². The van der Waals surface area contributed by atoms with E-state index in [1.54, 1.807) is 0 Å². The van der Waals surface area contributed by atoms with Crippen molar-refractivity contribution < 1.29 is 13.9 Å². The molecule has 0 amide bonds. The maximum absolute atomic E-state index is 13.7. The normalized spacial score (nSPS) is 12.0. The molecule has 0 bridgehead atoms. The number of fused-ring (bicyclic) bond motifs is 1. The molecule has 35 heavy (non-hydrogen) atoms. The highest BCUT2D eigenvalue weighted by molar-refractivity contribution is 6.03. The van der Waals surface area contributed by atoms with Crippen molar-refractivity contribution in [3.05, 3.63) is 65.6 Å². The zero-order valence-electron chi connectivity index (χ0n) is 21.8. The van der Waals surface area contributed by atoms with E-state index < -0.39 is 0 Å². The van der Waals surface area contributed by atoms with Crippen LogP contribution >= 0.6 is 0 Å². The van der Waals surface area contributed by atoms with Gasteiger partial charge in [-0.3, -0.25) is 0 Å². The standard InChI is InChI=1S/C31H40FNO2/c1-5-6-7-8-9-10-11-12-15-25(31(34)35-4)22-29-30(24-18-20-26(32)21-19-24)27-16-13-14-17-28(27)33(29)23(2)3/h13-14,16-23H,5-12,15H2,1-4H3. The molecular formula is C31H40FNO2. The number of carbonyl (C=O) groups is 1. The Labute approximate surface area is 210 Å². The van der Waals surface area contributed by atoms with Crippen LogP contribution in [-0.4, -0.2) is 17.6 Å². The summed E-state index contributed by atoms with van der Waals surface area (Å²) in [6.07, 6.45) is 12.4. The van der Waals surface area contributed by atoms with E-state index in [1.807, 2.05) is 30.3 Å². The molecule has 0 fully saturated rings. The Bertz CT molecular complexity index is 1120. The van der Waals surface area contributed by atoms with Crippen molar-refractivity contribution in [2.24, 2.45) is 0 Å². The van der Waals surface area contributed by atoms with Crippen LogP contribution in [0, 0.1) is 5.82 Å². The van der Waals surface area contributed by atoms with E-state index in [0.29, 0.717) is 12.0 Å². The van der Waals surface area contributed by atoms with Crippen LogP contribution in [0.15, 0.2) is 54.1 Å². The van der Waals surface area contributed by atoms with Crippen molar-refractivity contribution >= 4 is 22.9 Å². The van der Waals surface area contributed by atoms with Crippen LogP contribution in [0.4, 0.5) is 4.39 Å². The van der Waals surface area contributed by atoms with Gasteiger partial charge in [0.2, 0.25) is 0 Å². The summed E-state index contributed by atoms with van der Waals surface area (Å²) in [5.41, 5.74) is 4.71. The van der Waals surface area contributed by atoms with Gasteiger partial charge in [-0.05, 0) is 56.5 Å². The second kappa shape index (κ2) is 13.3. The molecular weight excluding hydrogens is 437 g/mol. The summed E-state index contributed by atoms with van der Waals surface area (Å²) >= 11 is 0. The molecule has 0 N–H and O–H groups in total. The summed E-state index contributed by atoms with van der Waals surface area (Å²) in [4.78, 5) is 12.8. The number of hydrogen-bond donors (Lipinski definition) is 0. The second-order valence-corrected chi connectivity index (χ2v) is 9.63. The third kappa shape index (κ3) is 6.84. The molecule has 0 saturated carbocycles. The number of carbonyl (C=O) groups excluding carboxylic acids is 1. The van der Waals surface area contributed by atoms with E-state index >= 15 is 0 Å². The minimum absolute atomic E-state index is 0.183. The number of methoxy groups -OCH3 is 1. The predicted molar refractivity (Wildman–Crippen MR) is 145 cm³/mol. The Kier molecular flexibility index (Phi) is 10.1. The van der Waals surface area contributed by atoms with Crippen molar-refractivity contribution in [3.8, 4) is 11.1 Å². The number of nitrogens with zero attached hydrogens (tertiary/aromatic N) is 1. The van der Waals surface area contributed by atoms with Gasteiger partial charge in [0.1, 0.15) is 5.82 Å². The number of aromatic nitrogens is 1. The van der Waals surface area contributed by atoms with Crippen LogP contribution in [0.2, 0.25) is 0 Å². The Balaban J connectivity index is 1.97. The highest BCUT2D eigenvalue weighted by Crippen LogP contribution is 2.38. The van der Waals surface area contributed by atoms with Gasteiger partial charge in [-0.15, -0.1) is 0 Å². The number of ether oxygens (including phenoxy) is 1. The van der Waals surface area contributed by atoms with E-state index in [-0.39, 0.29) is 17.8 Å². The van der Waals surface area contributed by atoms with Crippen LogP contribution in [0.5, 0.6) is 0 Å². The predicted octanol–water partition coefficient (Wildman–Crippen LogP) is 9.12. The number of rotatable bonds is 13. The first-order valence-corrected chi connectivity index (χ1v) is 13.2. The SMILES string of the molecule is CCCCCCCCCCC(=Cc1c(-c2ccc(F)cc2)c2ccccc2n1C(C)C)C(=O)OC. The molecule has 0 aliphatic carbocycles. The largest absolute Gasteiger partial charge is 0.466 e.